The summed E-state index contributed by atoms with van der Waals surface area (Å²) in [4.78, 5) is 25.8. The number of nitrogens with zero attached hydrogens (tertiary/aromatic N) is 2. The second-order valence-electron chi connectivity index (χ2n) is 6.77. The molecule has 9 heteroatoms. The fourth-order valence-corrected chi connectivity index (χ4v) is 3.81. The minimum Gasteiger partial charge on any atom is -0.454 e. The zero-order chi connectivity index (χ0) is 20.8. The van der Waals surface area contributed by atoms with Gasteiger partial charge < -0.3 is 14.8 Å². The van der Waals surface area contributed by atoms with Crippen molar-refractivity contribution in [1.29, 1.82) is 0 Å². The third-order valence-electron chi connectivity index (χ3n) is 5.04. The van der Waals surface area contributed by atoms with Gasteiger partial charge in [-0.1, -0.05) is 29.8 Å². The molecule has 2 aliphatic heterocycles. The molecule has 8 nitrogen and oxygen atoms in total. The van der Waals surface area contributed by atoms with E-state index in [1.165, 1.54) is 17.0 Å². The highest BCUT2D eigenvalue weighted by Crippen LogP contribution is 2.42. The Balaban J connectivity index is 1.66. The van der Waals surface area contributed by atoms with Gasteiger partial charge in [0.2, 0.25) is 6.79 Å². The molecule has 1 N–H and O–H groups in total. The van der Waals surface area contributed by atoms with E-state index in [-0.39, 0.29) is 23.4 Å². The summed E-state index contributed by atoms with van der Waals surface area (Å²) in [5.41, 5.74) is 1.99. The van der Waals surface area contributed by atoms with Gasteiger partial charge in [0, 0.05) is 23.4 Å². The van der Waals surface area contributed by atoms with Gasteiger partial charge in [-0.05, 0) is 30.3 Å². The largest absolute Gasteiger partial charge is 0.454 e. The van der Waals surface area contributed by atoms with Crippen LogP contribution in [0.15, 0.2) is 60.7 Å². The maximum absolute atomic E-state index is 13.4. The highest BCUT2D eigenvalue weighted by molar-refractivity contribution is 6.32. The number of nitro groups is 1. The van der Waals surface area contributed by atoms with Gasteiger partial charge in [-0.3, -0.25) is 19.8 Å². The van der Waals surface area contributed by atoms with Crippen LogP contribution in [0.3, 0.4) is 0 Å². The van der Waals surface area contributed by atoms with Crippen molar-refractivity contribution in [2.24, 2.45) is 0 Å². The normalized spacial score (nSPS) is 16.8. The lowest BCUT2D eigenvalue weighted by Crippen LogP contribution is -2.43. The van der Waals surface area contributed by atoms with Crippen LogP contribution in [-0.2, 0) is 0 Å². The van der Waals surface area contributed by atoms with Crippen LogP contribution in [0.5, 0.6) is 11.5 Å². The highest BCUT2D eigenvalue weighted by Gasteiger charge is 2.35. The topological polar surface area (TPSA) is 93.9 Å². The molecule has 2 heterocycles. The number of amides is 1. The Bertz CT molecular complexity index is 1200. The van der Waals surface area contributed by atoms with Gasteiger partial charge in [-0.15, -0.1) is 0 Å². The van der Waals surface area contributed by atoms with Crippen LogP contribution >= 0.6 is 11.6 Å². The Morgan fingerprint density at radius 1 is 1.07 bits per heavy atom. The number of carbonyl (C=O) groups is 1. The first kappa shape index (κ1) is 18.3. The molecule has 0 saturated heterocycles. The molecular formula is C21H14ClN3O5. The fourth-order valence-electron chi connectivity index (χ4n) is 3.63. The molecule has 3 aromatic carbocycles. The van der Waals surface area contributed by atoms with Crippen molar-refractivity contribution in [3.05, 3.63) is 86.9 Å². The second kappa shape index (κ2) is 6.93. The Morgan fingerprint density at radius 3 is 2.70 bits per heavy atom. The molecule has 0 fully saturated rings. The van der Waals surface area contributed by atoms with Crippen molar-refractivity contribution < 1.29 is 19.2 Å². The van der Waals surface area contributed by atoms with Crippen LogP contribution in [0.25, 0.3) is 0 Å². The van der Waals surface area contributed by atoms with Gasteiger partial charge in [0.05, 0.1) is 16.2 Å². The number of hydrogen-bond acceptors (Lipinski definition) is 6. The fraction of sp³-hybridized carbons (Fsp3) is 0.0952. The van der Waals surface area contributed by atoms with E-state index in [1.807, 2.05) is 6.07 Å². The minimum absolute atomic E-state index is 0.0286. The van der Waals surface area contributed by atoms with E-state index >= 15 is 0 Å². The summed E-state index contributed by atoms with van der Waals surface area (Å²) >= 11 is 5.98. The molecule has 0 saturated carbocycles. The lowest BCUT2D eigenvalue weighted by molar-refractivity contribution is -0.384. The van der Waals surface area contributed by atoms with E-state index in [0.29, 0.717) is 34.0 Å². The Labute approximate surface area is 175 Å². The number of para-hydroxylation sites is 1. The van der Waals surface area contributed by atoms with Gasteiger partial charge in [-0.2, -0.15) is 0 Å². The molecule has 1 amide bonds. The molecule has 2 aliphatic rings. The zero-order valence-electron chi connectivity index (χ0n) is 15.4. The SMILES string of the molecule is O=C1c2ccccc2NC(c2ccc(Cl)c([N+](=O)[O-])c2)N1c1ccc2c(c1)OCO2. The van der Waals surface area contributed by atoms with Crippen LogP contribution in [0, 0.1) is 10.1 Å². The molecular weight excluding hydrogens is 410 g/mol. The van der Waals surface area contributed by atoms with Crippen LogP contribution in [0.2, 0.25) is 5.02 Å². The van der Waals surface area contributed by atoms with Gasteiger partial charge in [0.15, 0.2) is 11.5 Å². The monoisotopic (exact) mass is 423 g/mol. The summed E-state index contributed by atoms with van der Waals surface area (Å²) in [7, 11) is 0. The summed E-state index contributed by atoms with van der Waals surface area (Å²) in [6, 6.07) is 16.8. The van der Waals surface area contributed by atoms with Crippen molar-refractivity contribution in [2.75, 3.05) is 17.0 Å². The van der Waals surface area contributed by atoms with E-state index in [1.54, 1.807) is 42.5 Å². The number of anilines is 2. The molecule has 5 rings (SSSR count). The lowest BCUT2D eigenvalue weighted by Gasteiger charge is -2.38. The number of carbonyl (C=O) groups excluding carboxylic acids is 1. The van der Waals surface area contributed by atoms with Crippen LogP contribution < -0.4 is 19.7 Å². The molecule has 1 unspecified atom stereocenters. The summed E-state index contributed by atoms with van der Waals surface area (Å²) in [5, 5.41) is 14.7. The summed E-state index contributed by atoms with van der Waals surface area (Å²) in [5.74, 6) is 0.876. The number of rotatable bonds is 3. The standard InChI is InChI=1S/C21H14ClN3O5/c22-15-7-5-12(9-17(15)25(27)28)20-23-16-4-2-1-3-14(16)21(26)24(20)13-6-8-18-19(10-13)30-11-29-18/h1-10,20,23H,11H2. The average molecular weight is 424 g/mol. The summed E-state index contributed by atoms with van der Waals surface area (Å²) < 4.78 is 10.8. The molecule has 3 aromatic rings. The lowest BCUT2D eigenvalue weighted by atomic mass is 10.0. The highest BCUT2D eigenvalue weighted by atomic mass is 35.5. The molecule has 150 valence electrons. The van der Waals surface area contributed by atoms with Crippen molar-refractivity contribution in [3.63, 3.8) is 0 Å². The molecule has 1 atom stereocenters. The quantitative estimate of drug-likeness (QED) is 0.482. The van der Waals surface area contributed by atoms with Gasteiger partial charge in [0.1, 0.15) is 11.2 Å². The number of nitrogens with one attached hydrogen (secondary N) is 1. The minimum atomic E-state index is -0.691. The van der Waals surface area contributed by atoms with Crippen molar-refractivity contribution in [2.45, 2.75) is 6.17 Å². The van der Waals surface area contributed by atoms with Crippen LogP contribution in [0.4, 0.5) is 17.1 Å². The van der Waals surface area contributed by atoms with E-state index in [4.69, 9.17) is 21.1 Å². The number of hydrogen-bond donors (Lipinski definition) is 1. The molecule has 0 spiro atoms. The third kappa shape index (κ3) is 2.89. The van der Waals surface area contributed by atoms with Crippen molar-refractivity contribution in [1.82, 2.24) is 0 Å². The first-order valence-corrected chi connectivity index (χ1v) is 9.43. The first-order valence-electron chi connectivity index (χ1n) is 9.05. The van der Waals surface area contributed by atoms with E-state index < -0.39 is 11.1 Å². The predicted molar refractivity (Wildman–Crippen MR) is 110 cm³/mol. The number of benzene rings is 3. The molecule has 0 aliphatic carbocycles. The first-order chi connectivity index (χ1) is 14.5. The predicted octanol–water partition coefficient (Wildman–Crippen LogP) is 4.75. The number of nitro benzene ring substituents is 1. The Morgan fingerprint density at radius 2 is 1.87 bits per heavy atom. The summed E-state index contributed by atoms with van der Waals surface area (Å²) in [6.45, 7) is 0.112. The molecule has 0 bridgehead atoms. The number of fused-ring (bicyclic) bond motifs is 2. The molecule has 0 radical (unpaired) electrons. The van der Waals surface area contributed by atoms with Gasteiger partial charge in [0.25, 0.3) is 11.6 Å². The Kier molecular flexibility index (Phi) is 4.22. The van der Waals surface area contributed by atoms with E-state index in [0.717, 1.165) is 0 Å². The molecule has 30 heavy (non-hydrogen) atoms. The number of halogens is 1. The van der Waals surface area contributed by atoms with Gasteiger partial charge in [-0.25, -0.2) is 0 Å². The van der Waals surface area contributed by atoms with Crippen molar-refractivity contribution >= 4 is 34.6 Å². The maximum atomic E-state index is 13.4. The average Bonchev–Trinajstić information content (AvgIpc) is 3.22. The Hall–Kier alpha value is -3.78. The van der Waals surface area contributed by atoms with Crippen LogP contribution in [0.1, 0.15) is 22.1 Å². The number of ether oxygens (including phenoxy) is 2. The van der Waals surface area contributed by atoms with E-state index in [2.05, 4.69) is 5.32 Å². The van der Waals surface area contributed by atoms with Gasteiger partial charge >= 0.3 is 0 Å². The van der Waals surface area contributed by atoms with E-state index in [9.17, 15) is 14.9 Å². The third-order valence-corrected chi connectivity index (χ3v) is 5.36. The van der Waals surface area contributed by atoms with Crippen molar-refractivity contribution in [3.8, 4) is 11.5 Å². The molecule has 0 aromatic heterocycles. The smallest absolute Gasteiger partial charge is 0.288 e. The second-order valence-corrected chi connectivity index (χ2v) is 7.18. The summed E-state index contributed by atoms with van der Waals surface area (Å²) in [6.07, 6.45) is -0.691. The maximum Gasteiger partial charge on any atom is 0.288 e. The zero-order valence-corrected chi connectivity index (χ0v) is 16.1. The van der Waals surface area contributed by atoms with Crippen LogP contribution in [-0.4, -0.2) is 17.6 Å².